The van der Waals surface area contributed by atoms with E-state index in [0.29, 0.717) is 18.2 Å². The maximum atomic E-state index is 10.4. The monoisotopic (exact) mass is 211 g/mol. The van der Waals surface area contributed by atoms with Gasteiger partial charge in [-0.2, -0.15) is 5.10 Å². The lowest BCUT2D eigenvalue weighted by molar-refractivity contribution is -0.136. The molecule has 0 atom stereocenters. The van der Waals surface area contributed by atoms with Gasteiger partial charge in [-0.05, 0) is 12.3 Å². The molecule has 1 heterocycles. The van der Waals surface area contributed by atoms with E-state index in [9.17, 15) is 4.79 Å². The Hall–Kier alpha value is -1.52. The van der Waals surface area contributed by atoms with Gasteiger partial charge in [0.1, 0.15) is 5.82 Å². The number of nitrogens with zero attached hydrogens (tertiary/aromatic N) is 2. The molecule has 0 aliphatic carbocycles. The number of aromatic nitrogens is 2. The van der Waals surface area contributed by atoms with Crippen molar-refractivity contribution < 1.29 is 9.90 Å². The Morgan fingerprint density at radius 1 is 1.67 bits per heavy atom. The molecule has 0 fully saturated rings. The predicted octanol–water partition coefficient (Wildman–Crippen LogP) is 1.14. The van der Waals surface area contributed by atoms with Crippen molar-refractivity contribution in [2.24, 2.45) is 5.92 Å². The molecule has 0 saturated carbocycles. The van der Waals surface area contributed by atoms with E-state index in [1.165, 1.54) is 0 Å². The highest BCUT2D eigenvalue weighted by atomic mass is 16.4. The standard InChI is InChI=1S/C10H17N3O2/c1-7(2)6-13-10(11)8(5-12-13)3-4-9(14)15/h5,7H,3-4,6,11H2,1-2H3,(H,14,15). The van der Waals surface area contributed by atoms with E-state index < -0.39 is 5.97 Å². The zero-order valence-corrected chi connectivity index (χ0v) is 9.10. The minimum atomic E-state index is -0.814. The molecule has 0 spiro atoms. The molecule has 0 bridgehead atoms. The Morgan fingerprint density at radius 2 is 2.33 bits per heavy atom. The van der Waals surface area contributed by atoms with Crippen LogP contribution in [-0.2, 0) is 17.8 Å². The van der Waals surface area contributed by atoms with Crippen LogP contribution in [0.25, 0.3) is 0 Å². The number of nitrogen functional groups attached to an aromatic ring is 1. The topological polar surface area (TPSA) is 81.1 Å². The summed E-state index contributed by atoms with van der Waals surface area (Å²) in [6.45, 7) is 4.93. The van der Waals surface area contributed by atoms with Gasteiger partial charge in [0, 0.05) is 18.5 Å². The zero-order valence-electron chi connectivity index (χ0n) is 9.10. The number of hydrogen-bond donors (Lipinski definition) is 2. The van der Waals surface area contributed by atoms with Crippen LogP contribution >= 0.6 is 0 Å². The quantitative estimate of drug-likeness (QED) is 0.765. The summed E-state index contributed by atoms with van der Waals surface area (Å²) in [5, 5.41) is 12.7. The van der Waals surface area contributed by atoms with Crippen molar-refractivity contribution >= 4 is 11.8 Å². The molecule has 0 aromatic carbocycles. The third-order valence-electron chi connectivity index (χ3n) is 2.11. The Bertz CT molecular complexity index is 344. The van der Waals surface area contributed by atoms with E-state index in [4.69, 9.17) is 10.8 Å². The summed E-state index contributed by atoms with van der Waals surface area (Å²) < 4.78 is 1.72. The summed E-state index contributed by atoms with van der Waals surface area (Å²) in [6, 6.07) is 0. The number of carbonyl (C=O) groups is 1. The average Bonchev–Trinajstić information content (AvgIpc) is 2.44. The number of aliphatic carboxylic acids is 1. The highest BCUT2D eigenvalue weighted by molar-refractivity contribution is 5.67. The number of anilines is 1. The zero-order chi connectivity index (χ0) is 11.4. The smallest absolute Gasteiger partial charge is 0.303 e. The molecule has 0 amide bonds. The van der Waals surface area contributed by atoms with Crippen LogP contribution in [0.4, 0.5) is 5.82 Å². The highest BCUT2D eigenvalue weighted by Gasteiger charge is 2.09. The van der Waals surface area contributed by atoms with E-state index >= 15 is 0 Å². The van der Waals surface area contributed by atoms with Gasteiger partial charge in [0.2, 0.25) is 0 Å². The highest BCUT2D eigenvalue weighted by Crippen LogP contribution is 2.14. The van der Waals surface area contributed by atoms with Gasteiger partial charge in [0.15, 0.2) is 0 Å². The van der Waals surface area contributed by atoms with Crippen molar-refractivity contribution in [2.45, 2.75) is 33.2 Å². The predicted molar refractivity (Wildman–Crippen MR) is 57.4 cm³/mol. The van der Waals surface area contributed by atoms with Crippen LogP contribution < -0.4 is 5.73 Å². The largest absolute Gasteiger partial charge is 0.481 e. The van der Waals surface area contributed by atoms with Crippen molar-refractivity contribution in [1.82, 2.24) is 9.78 Å². The molecule has 1 aromatic rings. The van der Waals surface area contributed by atoms with Crippen LogP contribution in [0, 0.1) is 5.92 Å². The number of nitrogens with two attached hydrogens (primary N) is 1. The fourth-order valence-corrected chi connectivity index (χ4v) is 1.36. The Balaban J connectivity index is 2.66. The number of carboxylic acids is 1. The Labute approximate surface area is 88.9 Å². The van der Waals surface area contributed by atoms with Gasteiger partial charge in [-0.1, -0.05) is 13.8 Å². The second-order valence-electron chi connectivity index (χ2n) is 4.02. The molecule has 0 aliphatic rings. The maximum absolute atomic E-state index is 10.4. The number of hydrogen-bond acceptors (Lipinski definition) is 3. The van der Waals surface area contributed by atoms with Crippen LogP contribution in [0.5, 0.6) is 0 Å². The van der Waals surface area contributed by atoms with Gasteiger partial charge >= 0.3 is 5.97 Å². The van der Waals surface area contributed by atoms with E-state index in [1.54, 1.807) is 10.9 Å². The van der Waals surface area contributed by atoms with Crippen LogP contribution in [-0.4, -0.2) is 20.9 Å². The first kappa shape index (κ1) is 11.6. The summed E-state index contributed by atoms with van der Waals surface area (Å²) in [7, 11) is 0. The lowest BCUT2D eigenvalue weighted by Gasteiger charge is -2.07. The molecule has 0 saturated heterocycles. The minimum absolute atomic E-state index is 0.0948. The first-order chi connectivity index (χ1) is 7.00. The molecule has 5 heteroatoms. The lowest BCUT2D eigenvalue weighted by atomic mass is 10.2. The second kappa shape index (κ2) is 4.82. The van der Waals surface area contributed by atoms with Gasteiger partial charge in [-0.3, -0.25) is 4.79 Å². The first-order valence-corrected chi connectivity index (χ1v) is 5.02. The molecule has 0 aliphatic heterocycles. The van der Waals surface area contributed by atoms with Crippen LogP contribution in [0.2, 0.25) is 0 Å². The van der Waals surface area contributed by atoms with Crippen molar-refractivity contribution in [3.8, 4) is 0 Å². The van der Waals surface area contributed by atoms with Crippen LogP contribution in [0.15, 0.2) is 6.20 Å². The molecule has 1 aromatic heterocycles. The number of carboxylic acid groups (broad SMARTS) is 1. The van der Waals surface area contributed by atoms with Gasteiger partial charge < -0.3 is 10.8 Å². The van der Waals surface area contributed by atoms with Crippen LogP contribution in [0.1, 0.15) is 25.8 Å². The molecule has 3 N–H and O–H groups in total. The Morgan fingerprint density at radius 3 is 2.87 bits per heavy atom. The van der Waals surface area contributed by atoms with Gasteiger partial charge in [-0.25, -0.2) is 4.68 Å². The summed E-state index contributed by atoms with van der Waals surface area (Å²) in [5.74, 6) is 0.246. The van der Waals surface area contributed by atoms with E-state index in [0.717, 1.165) is 12.1 Å². The molecule has 5 nitrogen and oxygen atoms in total. The summed E-state index contributed by atoms with van der Waals surface area (Å²) in [6.07, 6.45) is 2.19. The summed E-state index contributed by atoms with van der Waals surface area (Å²) >= 11 is 0. The average molecular weight is 211 g/mol. The molecule has 84 valence electrons. The van der Waals surface area contributed by atoms with E-state index in [1.807, 2.05) is 0 Å². The SMILES string of the molecule is CC(C)Cn1ncc(CCC(=O)O)c1N. The molecule has 0 unspecified atom stereocenters. The Kier molecular flexibility index (Phi) is 3.71. The van der Waals surface area contributed by atoms with Crippen molar-refractivity contribution in [3.63, 3.8) is 0 Å². The van der Waals surface area contributed by atoms with Gasteiger partial charge in [-0.15, -0.1) is 0 Å². The minimum Gasteiger partial charge on any atom is -0.481 e. The van der Waals surface area contributed by atoms with Gasteiger partial charge in [0.05, 0.1) is 6.20 Å². The molecule has 0 radical (unpaired) electrons. The van der Waals surface area contributed by atoms with Crippen molar-refractivity contribution in [2.75, 3.05) is 5.73 Å². The van der Waals surface area contributed by atoms with E-state index in [2.05, 4.69) is 18.9 Å². The fourth-order valence-electron chi connectivity index (χ4n) is 1.36. The second-order valence-corrected chi connectivity index (χ2v) is 4.02. The molecule has 1 rings (SSSR count). The first-order valence-electron chi connectivity index (χ1n) is 5.02. The lowest BCUT2D eigenvalue weighted by Crippen LogP contribution is -2.10. The molecule has 15 heavy (non-hydrogen) atoms. The summed E-state index contributed by atoms with van der Waals surface area (Å²) in [5.41, 5.74) is 6.66. The summed E-state index contributed by atoms with van der Waals surface area (Å²) in [4.78, 5) is 10.4. The molecular formula is C10H17N3O2. The fraction of sp³-hybridized carbons (Fsp3) is 0.600. The number of aryl methyl sites for hydroxylation is 1. The maximum Gasteiger partial charge on any atom is 0.303 e. The van der Waals surface area contributed by atoms with E-state index in [-0.39, 0.29) is 6.42 Å². The number of rotatable bonds is 5. The van der Waals surface area contributed by atoms with Crippen molar-refractivity contribution in [1.29, 1.82) is 0 Å². The van der Waals surface area contributed by atoms with Gasteiger partial charge in [0.25, 0.3) is 0 Å². The third-order valence-corrected chi connectivity index (χ3v) is 2.11. The third kappa shape index (κ3) is 3.27. The normalized spacial score (nSPS) is 10.9. The van der Waals surface area contributed by atoms with Crippen molar-refractivity contribution in [3.05, 3.63) is 11.8 Å². The van der Waals surface area contributed by atoms with Crippen LogP contribution in [0.3, 0.4) is 0 Å². The molecular weight excluding hydrogens is 194 g/mol.